The van der Waals surface area contributed by atoms with E-state index in [1.807, 2.05) is 13.8 Å². The van der Waals surface area contributed by atoms with E-state index in [-0.39, 0.29) is 34.8 Å². The quantitative estimate of drug-likeness (QED) is 0.487. The summed E-state index contributed by atoms with van der Waals surface area (Å²) < 4.78 is 27.7. The zero-order chi connectivity index (χ0) is 28.7. The number of likely N-dealkylation sites (N-methyl/N-ethyl adjacent to an activating group) is 1. The summed E-state index contributed by atoms with van der Waals surface area (Å²) in [5, 5.41) is 5.15. The number of hydrogen-bond acceptors (Lipinski definition) is 8. The Hall–Kier alpha value is -4.32. The second-order valence-corrected chi connectivity index (χ2v) is 11.3. The normalized spacial score (nSPS) is 21.4. The zero-order valence-corrected chi connectivity index (χ0v) is 23.2. The first-order valence-electron chi connectivity index (χ1n) is 13.7. The van der Waals surface area contributed by atoms with Crippen molar-refractivity contribution in [3.63, 3.8) is 0 Å². The molecule has 1 saturated carbocycles. The summed E-state index contributed by atoms with van der Waals surface area (Å²) in [6.45, 7) is 5.98. The van der Waals surface area contributed by atoms with Gasteiger partial charge in [0, 0.05) is 49.7 Å². The van der Waals surface area contributed by atoms with E-state index in [2.05, 4.69) is 20.5 Å². The zero-order valence-electron chi connectivity index (χ0n) is 23.2. The Balaban J connectivity index is 1.37. The molecule has 1 aromatic carbocycles. The Morgan fingerprint density at radius 2 is 1.93 bits per heavy atom. The lowest BCUT2D eigenvalue weighted by atomic mass is 9.82. The highest BCUT2D eigenvalue weighted by Gasteiger charge is 2.39. The van der Waals surface area contributed by atoms with Crippen LogP contribution in [0.4, 0.5) is 26.5 Å². The van der Waals surface area contributed by atoms with Gasteiger partial charge in [0.1, 0.15) is 17.0 Å². The predicted molar refractivity (Wildman–Crippen MR) is 151 cm³/mol. The first-order valence-corrected chi connectivity index (χ1v) is 13.7. The molecule has 2 unspecified atom stereocenters. The van der Waals surface area contributed by atoms with E-state index in [1.165, 1.54) is 24.5 Å². The second kappa shape index (κ2) is 10.6. The van der Waals surface area contributed by atoms with E-state index in [1.54, 1.807) is 30.1 Å². The van der Waals surface area contributed by atoms with Gasteiger partial charge < -0.3 is 29.9 Å². The average molecular weight is 562 g/mol. The molecule has 1 aliphatic carbocycles. The van der Waals surface area contributed by atoms with Gasteiger partial charge in [-0.05, 0) is 51.0 Å². The lowest BCUT2D eigenvalue weighted by Crippen LogP contribution is -2.41. The third kappa shape index (κ3) is 5.51. The number of aromatic nitrogens is 3. The first-order chi connectivity index (χ1) is 19.7. The minimum absolute atomic E-state index is 0.0257. The lowest BCUT2D eigenvalue weighted by Gasteiger charge is -2.35. The maximum atomic E-state index is 15.4. The van der Waals surface area contributed by atoms with Crippen molar-refractivity contribution in [3.8, 4) is 17.1 Å². The molecule has 12 heteroatoms. The van der Waals surface area contributed by atoms with Crippen LogP contribution in [0.25, 0.3) is 11.3 Å². The number of halogens is 1. The summed E-state index contributed by atoms with van der Waals surface area (Å²) in [7, 11) is 1.69. The fourth-order valence-corrected chi connectivity index (χ4v) is 5.49. The molecule has 4 heterocycles. The number of nitrogens with zero attached hydrogens (tertiary/aromatic N) is 5. The van der Waals surface area contributed by atoms with Crippen molar-refractivity contribution >= 4 is 29.3 Å². The molecule has 41 heavy (non-hydrogen) atoms. The van der Waals surface area contributed by atoms with E-state index < -0.39 is 17.4 Å². The number of anilines is 3. The third-order valence-corrected chi connectivity index (χ3v) is 7.62. The standard InChI is InChI=1S/C29H32FN7O4/c1-29(2)16-36(3)26(38)23-24(34-27(35-25(23)41-29)37-12-13-40-22-7-5-18(22)15-37)17-4-6-21(20(30)14-17)33-28(39)32-19-8-10-31-11-9-19/h4,6,8-11,14,18,22H,5,7,12-13,15-16H2,1-3H3,(H2,31,32,33,39). The van der Waals surface area contributed by atoms with Crippen molar-refractivity contribution in [2.45, 2.75) is 38.4 Å². The van der Waals surface area contributed by atoms with Crippen LogP contribution in [-0.4, -0.2) is 76.8 Å². The van der Waals surface area contributed by atoms with Gasteiger partial charge in [-0.25, -0.2) is 14.2 Å². The number of carbonyl (C=O) groups is 2. The van der Waals surface area contributed by atoms with Gasteiger partial charge in [-0.2, -0.15) is 4.98 Å². The van der Waals surface area contributed by atoms with Crippen LogP contribution in [0.5, 0.6) is 5.88 Å². The number of ether oxygens (including phenoxy) is 2. The smallest absolute Gasteiger partial charge is 0.323 e. The molecule has 0 radical (unpaired) electrons. The molecule has 2 N–H and O–H groups in total. The van der Waals surface area contributed by atoms with Gasteiger partial charge in [0.15, 0.2) is 0 Å². The number of hydrogen-bond donors (Lipinski definition) is 2. The molecule has 0 spiro atoms. The maximum Gasteiger partial charge on any atom is 0.323 e. The van der Waals surface area contributed by atoms with Gasteiger partial charge in [0.2, 0.25) is 11.8 Å². The minimum Gasteiger partial charge on any atom is -0.469 e. The van der Waals surface area contributed by atoms with Crippen molar-refractivity contribution in [1.82, 2.24) is 19.9 Å². The fourth-order valence-electron chi connectivity index (χ4n) is 5.49. The van der Waals surface area contributed by atoms with Gasteiger partial charge in [-0.3, -0.25) is 9.78 Å². The molecule has 2 aromatic heterocycles. The Labute approximate surface area is 237 Å². The van der Waals surface area contributed by atoms with Crippen LogP contribution in [0, 0.1) is 11.7 Å². The van der Waals surface area contributed by atoms with Crippen LogP contribution in [0.3, 0.4) is 0 Å². The van der Waals surface area contributed by atoms with Gasteiger partial charge in [0.25, 0.3) is 5.91 Å². The number of urea groups is 1. The van der Waals surface area contributed by atoms with E-state index >= 15 is 4.39 Å². The van der Waals surface area contributed by atoms with Crippen LogP contribution in [0.1, 0.15) is 37.0 Å². The molecule has 6 rings (SSSR count). The summed E-state index contributed by atoms with van der Waals surface area (Å²) >= 11 is 0. The third-order valence-electron chi connectivity index (χ3n) is 7.62. The molecule has 3 aliphatic rings. The van der Waals surface area contributed by atoms with E-state index in [9.17, 15) is 9.59 Å². The molecule has 0 bridgehead atoms. The molecule has 2 aliphatic heterocycles. The Bertz CT molecular complexity index is 1490. The number of rotatable bonds is 4. The number of pyridine rings is 1. The van der Waals surface area contributed by atoms with Gasteiger partial charge in [-0.15, -0.1) is 0 Å². The Morgan fingerprint density at radius 1 is 1.12 bits per heavy atom. The largest absolute Gasteiger partial charge is 0.469 e. The maximum absolute atomic E-state index is 15.4. The molecule has 2 atom stereocenters. The van der Waals surface area contributed by atoms with Crippen LogP contribution < -0.4 is 20.3 Å². The number of nitrogens with one attached hydrogen (secondary N) is 2. The SMILES string of the molecule is CN1CC(C)(C)Oc2nc(N3CCOC4CCC4C3)nc(-c3ccc(NC(=O)Nc4ccncc4)c(F)c3)c2C1=O. The first kappa shape index (κ1) is 26.9. The number of fused-ring (bicyclic) bond motifs is 2. The summed E-state index contributed by atoms with van der Waals surface area (Å²) in [6, 6.07) is 6.96. The van der Waals surface area contributed by atoms with E-state index in [4.69, 9.17) is 19.4 Å². The average Bonchev–Trinajstić information content (AvgIpc) is 3.11. The van der Waals surface area contributed by atoms with Crippen molar-refractivity contribution in [2.24, 2.45) is 5.92 Å². The van der Waals surface area contributed by atoms with Crippen LogP contribution in [0.15, 0.2) is 42.7 Å². The molecular formula is C29H32FN7O4. The van der Waals surface area contributed by atoms with Crippen molar-refractivity contribution in [2.75, 3.05) is 48.8 Å². The topological polar surface area (TPSA) is 122 Å². The second-order valence-electron chi connectivity index (χ2n) is 11.3. The van der Waals surface area contributed by atoms with Gasteiger partial charge >= 0.3 is 6.03 Å². The van der Waals surface area contributed by atoms with Crippen LogP contribution in [0.2, 0.25) is 0 Å². The van der Waals surface area contributed by atoms with Crippen molar-refractivity contribution in [1.29, 1.82) is 0 Å². The van der Waals surface area contributed by atoms with Crippen LogP contribution >= 0.6 is 0 Å². The number of carbonyl (C=O) groups excluding carboxylic acids is 2. The van der Waals surface area contributed by atoms with Gasteiger partial charge in [-0.1, -0.05) is 6.07 Å². The summed E-state index contributed by atoms with van der Waals surface area (Å²) in [5.41, 5.74) is 0.582. The molecule has 214 valence electrons. The Morgan fingerprint density at radius 3 is 2.66 bits per heavy atom. The molecular weight excluding hydrogens is 529 g/mol. The highest BCUT2D eigenvalue weighted by atomic mass is 19.1. The van der Waals surface area contributed by atoms with Gasteiger partial charge in [0.05, 0.1) is 30.6 Å². The molecule has 11 nitrogen and oxygen atoms in total. The molecule has 1 saturated heterocycles. The van der Waals surface area contributed by atoms with E-state index in [0.29, 0.717) is 42.8 Å². The molecule has 3 amide bonds. The van der Waals surface area contributed by atoms with Crippen LogP contribution in [-0.2, 0) is 4.74 Å². The lowest BCUT2D eigenvalue weighted by molar-refractivity contribution is -0.0267. The fraction of sp³-hybridized carbons (Fsp3) is 0.414. The van der Waals surface area contributed by atoms with Crippen molar-refractivity contribution < 1.29 is 23.5 Å². The number of benzene rings is 1. The molecule has 3 aromatic rings. The summed E-state index contributed by atoms with van der Waals surface area (Å²) in [5.74, 6) is -0.0434. The summed E-state index contributed by atoms with van der Waals surface area (Å²) in [6.07, 6.45) is 5.44. The minimum atomic E-state index is -0.708. The molecule has 2 fully saturated rings. The highest BCUT2D eigenvalue weighted by Crippen LogP contribution is 2.38. The summed E-state index contributed by atoms with van der Waals surface area (Å²) in [4.78, 5) is 43.1. The highest BCUT2D eigenvalue weighted by molar-refractivity contribution is 6.03. The predicted octanol–water partition coefficient (Wildman–Crippen LogP) is 4.18. The van der Waals surface area contributed by atoms with E-state index in [0.717, 1.165) is 19.4 Å². The number of amides is 3. The Kier molecular flexibility index (Phi) is 6.94. The monoisotopic (exact) mass is 561 g/mol. The van der Waals surface area contributed by atoms with Crippen molar-refractivity contribution in [3.05, 3.63) is 54.1 Å².